The third-order valence-corrected chi connectivity index (χ3v) is 2.81. The van der Waals surface area contributed by atoms with Gasteiger partial charge >= 0.3 is 5.97 Å². The van der Waals surface area contributed by atoms with E-state index in [0.29, 0.717) is 0 Å². The van der Waals surface area contributed by atoms with Crippen LogP contribution in [0.2, 0.25) is 0 Å². The van der Waals surface area contributed by atoms with Crippen LogP contribution in [0.15, 0.2) is 12.7 Å². The fourth-order valence-electron chi connectivity index (χ4n) is 2.19. The van der Waals surface area contributed by atoms with Crippen LogP contribution in [0.3, 0.4) is 0 Å². The van der Waals surface area contributed by atoms with Gasteiger partial charge in [0.1, 0.15) is 0 Å². The molecule has 1 saturated heterocycles. The van der Waals surface area contributed by atoms with Gasteiger partial charge in [-0.3, -0.25) is 9.69 Å². The van der Waals surface area contributed by atoms with Gasteiger partial charge in [0.2, 0.25) is 0 Å². The van der Waals surface area contributed by atoms with Crippen LogP contribution in [0.5, 0.6) is 0 Å². The summed E-state index contributed by atoms with van der Waals surface area (Å²) in [6.07, 6.45) is 2.06. The van der Waals surface area contributed by atoms with E-state index in [1.165, 1.54) is 0 Å². The van der Waals surface area contributed by atoms with Crippen LogP contribution in [0.25, 0.3) is 0 Å². The van der Waals surface area contributed by atoms with Crippen molar-refractivity contribution in [1.29, 1.82) is 0 Å². The van der Waals surface area contributed by atoms with Crippen molar-refractivity contribution in [1.82, 2.24) is 10.2 Å². The molecule has 1 heterocycles. The minimum absolute atomic E-state index is 0.0409. The van der Waals surface area contributed by atoms with Crippen molar-refractivity contribution < 1.29 is 9.90 Å². The van der Waals surface area contributed by atoms with E-state index in [1.807, 2.05) is 6.08 Å². The fourth-order valence-corrected chi connectivity index (χ4v) is 2.19. The summed E-state index contributed by atoms with van der Waals surface area (Å²) in [6, 6.07) is 0.0409. The first-order chi connectivity index (χ1) is 7.43. The Morgan fingerprint density at radius 1 is 1.69 bits per heavy atom. The predicted molar refractivity (Wildman–Crippen MR) is 64.5 cm³/mol. The molecule has 1 atom stereocenters. The Balaban J connectivity index is 2.63. The molecule has 0 spiro atoms. The van der Waals surface area contributed by atoms with Crippen LogP contribution >= 0.6 is 0 Å². The molecule has 16 heavy (non-hydrogen) atoms. The molecule has 4 heteroatoms. The average molecular weight is 226 g/mol. The highest BCUT2D eigenvalue weighted by molar-refractivity contribution is 5.67. The van der Waals surface area contributed by atoms with Gasteiger partial charge in [-0.05, 0) is 5.41 Å². The zero-order valence-corrected chi connectivity index (χ0v) is 10.2. The number of carboxylic acids is 1. The zero-order chi connectivity index (χ0) is 12.2. The Hall–Kier alpha value is -0.870. The molecule has 1 aliphatic rings. The fraction of sp³-hybridized carbons (Fsp3) is 0.750. The average Bonchev–Trinajstić information content (AvgIpc) is 2.25. The molecule has 0 aromatic carbocycles. The topological polar surface area (TPSA) is 52.6 Å². The van der Waals surface area contributed by atoms with E-state index >= 15 is 0 Å². The summed E-state index contributed by atoms with van der Waals surface area (Å²) in [4.78, 5) is 13.0. The highest BCUT2D eigenvalue weighted by Gasteiger charge is 2.28. The largest absolute Gasteiger partial charge is 0.481 e. The van der Waals surface area contributed by atoms with Crippen molar-refractivity contribution in [2.24, 2.45) is 5.41 Å². The first-order valence-electron chi connectivity index (χ1n) is 5.71. The molecule has 0 aliphatic carbocycles. The van der Waals surface area contributed by atoms with Crippen LogP contribution in [0.4, 0.5) is 0 Å². The number of hydrogen-bond acceptors (Lipinski definition) is 3. The van der Waals surface area contributed by atoms with E-state index in [2.05, 4.69) is 30.6 Å². The second-order valence-electron chi connectivity index (χ2n) is 5.32. The van der Waals surface area contributed by atoms with Gasteiger partial charge < -0.3 is 10.4 Å². The number of hydrogen-bond donors (Lipinski definition) is 2. The third kappa shape index (κ3) is 4.33. The Morgan fingerprint density at radius 3 is 2.94 bits per heavy atom. The quantitative estimate of drug-likeness (QED) is 0.701. The summed E-state index contributed by atoms with van der Waals surface area (Å²) >= 11 is 0. The Kier molecular flexibility index (Phi) is 4.50. The summed E-state index contributed by atoms with van der Waals surface area (Å²) in [7, 11) is 0. The Bertz CT molecular complexity index is 264. The molecular weight excluding hydrogens is 204 g/mol. The van der Waals surface area contributed by atoms with Gasteiger partial charge in [0.05, 0.1) is 6.42 Å². The SMILES string of the molecule is C=CCN1CC(CC(=O)O)NCC(C)(C)C1. The van der Waals surface area contributed by atoms with E-state index in [1.54, 1.807) is 0 Å². The van der Waals surface area contributed by atoms with Crippen LogP contribution < -0.4 is 5.32 Å². The molecule has 2 N–H and O–H groups in total. The molecule has 1 fully saturated rings. The second kappa shape index (κ2) is 5.46. The molecule has 0 saturated carbocycles. The van der Waals surface area contributed by atoms with Gasteiger partial charge in [0, 0.05) is 32.2 Å². The van der Waals surface area contributed by atoms with E-state index < -0.39 is 5.97 Å². The van der Waals surface area contributed by atoms with E-state index in [4.69, 9.17) is 5.11 Å². The van der Waals surface area contributed by atoms with Gasteiger partial charge in [-0.25, -0.2) is 0 Å². The monoisotopic (exact) mass is 226 g/mol. The maximum absolute atomic E-state index is 10.7. The number of carbonyl (C=O) groups is 1. The van der Waals surface area contributed by atoms with Crippen LogP contribution in [0, 0.1) is 5.41 Å². The van der Waals surface area contributed by atoms with Gasteiger partial charge in [0.15, 0.2) is 0 Å². The molecule has 1 aliphatic heterocycles. The smallest absolute Gasteiger partial charge is 0.304 e. The molecular formula is C12H22N2O2. The maximum Gasteiger partial charge on any atom is 0.304 e. The summed E-state index contributed by atoms with van der Waals surface area (Å²) in [5.74, 6) is -0.740. The molecule has 0 aromatic heterocycles. The first-order valence-corrected chi connectivity index (χ1v) is 5.71. The van der Waals surface area contributed by atoms with Crippen LogP contribution in [-0.2, 0) is 4.79 Å². The normalized spacial score (nSPS) is 26.0. The number of nitrogens with one attached hydrogen (secondary N) is 1. The first kappa shape index (κ1) is 13.2. The molecule has 92 valence electrons. The summed E-state index contributed by atoms with van der Waals surface area (Å²) < 4.78 is 0. The van der Waals surface area contributed by atoms with E-state index in [-0.39, 0.29) is 17.9 Å². The number of rotatable bonds is 4. The summed E-state index contributed by atoms with van der Waals surface area (Å²) in [5, 5.41) is 12.2. The minimum atomic E-state index is -0.740. The lowest BCUT2D eigenvalue weighted by molar-refractivity contribution is -0.137. The van der Waals surface area contributed by atoms with Gasteiger partial charge in [-0.15, -0.1) is 6.58 Å². The van der Waals surface area contributed by atoms with E-state index in [0.717, 1.165) is 26.2 Å². The lowest BCUT2D eigenvalue weighted by atomic mass is 9.93. The second-order valence-corrected chi connectivity index (χ2v) is 5.32. The predicted octanol–water partition coefficient (Wildman–Crippen LogP) is 0.947. The van der Waals surface area contributed by atoms with Gasteiger partial charge in [-0.1, -0.05) is 19.9 Å². The van der Waals surface area contributed by atoms with Crippen molar-refractivity contribution in [2.45, 2.75) is 26.3 Å². The molecule has 0 radical (unpaired) electrons. The van der Waals surface area contributed by atoms with E-state index in [9.17, 15) is 4.79 Å². The standard InChI is InChI=1S/C12H22N2O2/c1-4-5-14-7-10(6-11(15)16)13-8-12(2,3)9-14/h4,10,13H,1,5-9H2,2-3H3,(H,15,16). The lowest BCUT2D eigenvalue weighted by Gasteiger charge is -2.28. The van der Waals surface area contributed by atoms with Crippen molar-refractivity contribution in [2.75, 3.05) is 26.2 Å². The van der Waals surface area contributed by atoms with Gasteiger partial charge in [-0.2, -0.15) is 0 Å². The molecule has 1 rings (SSSR count). The highest BCUT2D eigenvalue weighted by Crippen LogP contribution is 2.19. The summed E-state index contributed by atoms with van der Waals surface area (Å²) in [6.45, 7) is 11.6. The minimum Gasteiger partial charge on any atom is -0.481 e. The number of nitrogens with zero attached hydrogens (tertiary/aromatic N) is 1. The molecule has 1 unspecified atom stereocenters. The highest BCUT2D eigenvalue weighted by atomic mass is 16.4. The Morgan fingerprint density at radius 2 is 2.38 bits per heavy atom. The molecule has 4 nitrogen and oxygen atoms in total. The molecule has 0 bridgehead atoms. The van der Waals surface area contributed by atoms with Crippen LogP contribution in [-0.4, -0.2) is 48.2 Å². The van der Waals surface area contributed by atoms with Crippen molar-refractivity contribution in [3.8, 4) is 0 Å². The van der Waals surface area contributed by atoms with Crippen LogP contribution in [0.1, 0.15) is 20.3 Å². The van der Waals surface area contributed by atoms with Crippen molar-refractivity contribution in [3.63, 3.8) is 0 Å². The number of carboxylic acid groups (broad SMARTS) is 1. The van der Waals surface area contributed by atoms with Gasteiger partial charge in [0.25, 0.3) is 0 Å². The lowest BCUT2D eigenvalue weighted by Crippen LogP contribution is -2.39. The third-order valence-electron chi connectivity index (χ3n) is 2.81. The maximum atomic E-state index is 10.7. The van der Waals surface area contributed by atoms with Crippen molar-refractivity contribution >= 4 is 5.97 Å². The summed E-state index contributed by atoms with van der Waals surface area (Å²) in [5.41, 5.74) is 0.177. The Labute approximate surface area is 97.3 Å². The molecule has 0 aromatic rings. The van der Waals surface area contributed by atoms with Crippen molar-refractivity contribution in [3.05, 3.63) is 12.7 Å². The number of aliphatic carboxylic acids is 1. The zero-order valence-electron chi connectivity index (χ0n) is 10.2. The molecule has 0 amide bonds.